The van der Waals surface area contributed by atoms with E-state index in [-0.39, 0.29) is 6.04 Å². The van der Waals surface area contributed by atoms with Crippen molar-refractivity contribution in [2.24, 2.45) is 0 Å². The zero-order valence-corrected chi connectivity index (χ0v) is 17.6. The number of likely N-dealkylation sites (N-methyl/N-ethyl adjacent to an activating group) is 1. The zero-order chi connectivity index (χ0) is 21.0. The highest BCUT2D eigenvalue weighted by molar-refractivity contribution is 5.83. The summed E-state index contributed by atoms with van der Waals surface area (Å²) in [6.45, 7) is 0.856. The molecule has 3 aromatic carbocycles. The van der Waals surface area contributed by atoms with Crippen LogP contribution in [0.25, 0.3) is 22.2 Å². The number of nitrogens with one attached hydrogen (secondary N) is 2. The van der Waals surface area contributed by atoms with Gasteiger partial charge in [-0.2, -0.15) is 0 Å². The minimum atomic E-state index is 0.122. The monoisotopic (exact) mass is 406 g/mol. The van der Waals surface area contributed by atoms with E-state index < -0.39 is 0 Å². The van der Waals surface area contributed by atoms with Crippen molar-refractivity contribution in [3.63, 3.8) is 0 Å². The molecule has 0 aliphatic rings. The summed E-state index contributed by atoms with van der Waals surface area (Å²) in [6, 6.07) is 29.6. The van der Waals surface area contributed by atoms with E-state index in [0.717, 1.165) is 30.0 Å². The lowest BCUT2D eigenvalue weighted by Crippen LogP contribution is -2.27. The van der Waals surface area contributed by atoms with Gasteiger partial charge in [0.1, 0.15) is 5.82 Å². The van der Waals surface area contributed by atoms with Gasteiger partial charge < -0.3 is 9.97 Å². The van der Waals surface area contributed by atoms with E-state index in [1.54, 1.807) is 0 Å². The number of fused-ring (bicyclic) bond motifs is 1. The van der Waals surface area contributed by atoms with Crippen LogP contribution in [0.1, 0.15) is 23.0 Å². The molecule has 0 spiro atoms. The molecule has 4 nitrogen and oxygen atoms in total. The smallest absolute Gasteiger partial charge is 0.124 e. The Hall–Kier alpha value is -3.63. The Labute approximate surface area is 182 Å². The Morgan fingerprint density at radius 3 is 2.39 bits per heavy atom. The van der Waals surface area contributed by atoms with Crippen LogP contribution >= 0.6 is 0 Å². The second kappa shape index (κ2) is 8.62. The van der Waals surface area contributed by atoms with Gasteiger partial charge in [0.2, 0.25) is 0 Å². The topological polar surface area (TPSA) is 47.7 Å². The van der Waals surface area contributed by atoms with Crippen LogP contribution in [0.2, 0.25) is 0 Å². The maximum Gasteiger partial charge on any atom is 0.124 e. The molecule has 0 bridgehead atoms. The summed E-state index contributed by atoms with van der Waals surface area (Å²) in [5.41, 5.74) is 5.97. The summed E-state index contributed by atoms with van der Waals surface area (Å²) < 4.78 is 0. The lowest BCUT2D eigenvalue weighted by atomic mass is 10.0. The van der Waals surface area contributed by atoms with Crippen LogP contribution in [0, 0.1) is 0 Å². The van der Waals surface area contributed by atoms with Gasteiger partial charge in [-0.05, 0) is 36.2 Å². The summed E-state index contributed by atoms with van der Waals surface area (Å²) in [5, 5.41) is 1.27. The molecule has 0 aliphatic carbocycles. The summed E-state index contributed by atoms with van der Waals surface area (Å²) in [4.78, 5) is 14.2. The Morgan fingerprint density at radius 1 is 0.871 bits per heavy atom. The van der Waals surface area contributed by atoms with E-state index in [4.69, 9.17) is 4.98 Å². The Morgan fingerprint density at radius 2 is 1.58 bits per heavy atom. The van der Waals surface area contributed by atoms with Crippen molar-refractivity contribution in [3.05, 3.63) is 114 Å². The Bertz CT molecular complexity index is 1250. The van der Waals surface area contributed by atoms with Crippen LogP contribution in [0.4, 0.5) is 0 Å². The van der Waals surface area contributed by atoms with E-state index in [9.17, 15) is 0 Å². The molecule has 2 aromatic heterocycles. The largest absolute Gasteiger partial charge is 0.361 e. The molecule has 4 heteroatoms. The molecule has 5 rings (SSSR count). The van der Waals surface area contributed by atoms with Crippen molar-refractivity contribution < 1.29 is 0 Å². The van der Waals surface area contributed by atoms with Crippen LogP contribution in [-0.4, -0.2) is 26.9 Å². The van der Waals surface area contributed by atoms with E-state index in [0.29, 0.717) is 0 Å². The number of rotatable bonds is 7. The van der Waals surface area contributed by atoms with Gasteiger partial charge in [-0.15, -0.1) is 0 Å². The first-order chi connectivity index (χ1) is 15.3. The quantitative estimate of drug-likeness (QED) is 0.350. The van der Waals surface area contributed by atoms with Gasteiger partial charge in [-0.25, -0.2) is 4.98 Å². The fourth-order valence-corrected chi connectivity index (χ4v) is 4.22. The molecular weight excluding hydrogens is 380 g/mol. The highest BCUT2D eigenvalue weighted by atomic mass is 15.2. The molecule has 154 valence electrons. The first-order valence-corrected chi connectivity index (χ1v) is 10.7. The number of aromatic amines is 2. The van der Waals surface area contributed by atoms with Crippen LogP contribution in [0.15, 0.2) is 97.3 Å². The zero-order valence-electron chi connectivity index (χ0n) is 17.6. The number of nitrogens with zero attached hydrogens (tertiary/aromatic N) is 2. The van der Waals surface area contributed by atoms with E-state index in [1.807, 2.05) is 12.3 Å². The highest BCUT2D eigenvalue weighted by Crippen LogP contribution is 2.29. The molecular formula is C27H26N4. The van der Waals surface area contributed by atoms with Gasteiger partial charge in [-0.3, -0.25) is 4.90 Å². The third-order valence-corrected chi connectivity index (χ3v) is 5.89. The van der Waals surface area contributed by atoms with Gasteiger partial charge in [-0.1, -0.05) is 78.9 Å². The summed E-state index contributed by atoms with van der Waals surface area (Å²) >= 11 is 0. The summed E-state index contributed by atoms with van der Waals surface area (Å²) in [6.07, 6.45) is 4.95. The van der Waals surface area contributed by atoms with Crippen molar-refractivity contribution in [1.82, 2.24) is 19.9 Å². The maximum absolute atomic E-state index is 4.81. The van der Waals surface area contributed by atoms with Crippen LogP contribution in [-0.2, 0) is 13.0 Å². The van der Waals surface area contributed by atoms with Gasteiger partial charge in [0.25, 0.3) is 0 Å². The highest BCUT2D eigenvalue weighted by Gasteiger charge is 2.23. The van der Waals surface area contributed by atoms with Crippen molar-refractivity contribution in [2.75, 3.05) is 7.05 Å². The molecule has 0 saturated carbocycles. The van der Waals surface area contributed by atoms with Crippen LogP contribution in [0.5, 0.6) is 0 Å². The molecule has 31 heavy (non-hydrogen) atoms. The molecule has 5 aromatic rings. The predicted octanol–water partition coefficient (Wildman–Crippen LogP) is 5.97. The van der Waals surface area contributed by atoms with Crippen molar-refractivity contribution in [2.45, 2.75) is 19.0 Å². The molecule has 0 amide bonds. The molecule has 1 atom stereocenters. The molecule has 1 unspecified atom stereocenters. The number of hydrogen-bond acceptors (Lipinski definition) is 2. The minimum absolute atomic E-state index is 0.122. The maximum atomic E-state index is 4.81. The SMILES string of the molecule is CN(Cc1ccccc1)C(Cc1c[nH]c2ccccc12)c1ncc(-c2ccccc2)[nH]1. The van der Waals surface area contributed by atoms with E-state index >= 15 is 0 Å². The first-order valence-electron chi connectivity index (χ1n) is 10.7. The molecule has 0 radical (unpaired) electrons. The normalized spacial score (nSPS) is 12.5. The standard InChI is InChI=1S/C27H26N4/c1-31(19-20-10-4-2-5-11-20)26(16-22-17-28-24-15-9-8-14-23(22)24)27-29-18-25(30-27)21-12-6-3-7-13-21/h2-15,17-18,26,28H,16,19H2,1H3,(H,29,30). The second-order valence-electron chi connectivity index (χ2n) is 8.03. The molecule has 0 aliphatic heterocycles. The lowest BCUT2D eigenvalue weighted by molar-refractivity contribution is 0.227. The Kier molecular flexibility index (Phi) is 5.38. The Balaban J connectivity index is 1.48. The second-order valence-corrected chi connectivity index (χ2v) is 8.03. The third-order valence-electron chi connectivity index (χ3n) is 5.89. The average Bonchev–Trinajstić information content (AvgIpc) is 3.46. The lowest BCUT2D eigenvalue weighted by Gasteiger charge is -2.27. The first kappa shape index (κ1) is 19.3. The summed E-state index contributed by atoms with van der Waals surface area (Å²) in [5.74, 6) is 0.988. The van der Waals surface area contributed by atoms with Gasteiger partial charge in [0, 0.05) is 23.6 Å². The fourth-order valence-electron chi connectivity index (χ4n) is 4.22. The number of benzene rings is 3. The van der Waals surface area contributed by atoms with Gasteiger partial charge in [0.05, 0.1) is 17.9 Å². The molecule has 0 saturated heterocycles. The molecule has 2 N–H and O–H groups in total. The van der Waals surface area contributed by atoms with Crippen molar-refractivity contribution >= 4 is 10.9 Å². The number of H-pyrrole nitrogens is 2. The third kappa shape index (κ3) is 4.16. The van der Waals surface area contributed by atoms with Gasteiger partial charge >= 0.3 is 0 Å². The molecule has 0 fully saturated rings. The van der Waals surface area contributed by atoms with Crippen LogP contribution < -0.4 is 0 Å². The number of imidazole rings is 1. The number of hydrogen-bond donors (Lipinski definition) is 2. The number of aromatic nitrogens is 3. The predicted molar refractivity (Wildman–Crippen MR) is 127 cm³/mol. The number of para-hydroxylation sites is 1. The summed E-state index contributed by atoms with van der Waals surface area (Å²) in [7, 11) is 2.18. The van der Waals surface area contributed by atoms with E-state index in [2.05, 4.69) is 107 Å². The minimum Gasteiger partial charge on any atom is -0.361 e. The van der Waals surface area contributed by atoms with Crippen molar-refractivity contribution in [3.8, 4) is 11.3 Å². The molecule has 2 heterocycles. The fraction of sp³-hybridized carbons (Fsp3) is 0.148. The van der Waals surface area contributed by atoms with Gasteiger partial charge in [0.15, 0.2) is 0 Å². The van der Waals surface area contributed by atoms with E-state index in [1.165, 1.54) is 22.0 Å². The van der Waals surface area contributed by atoms with Crippen LogP contribution in [0.3, 0.4) is 0 Å². The average molecular weight is 407 g/mol. The van der Waals surface area contributed by atoms with Crippen molar-refractivity contribution in [1.29, 1.82) is 0 Å².